The zero-order chi connectivity index (χ0) is 15.3. The fraction of sp³-hybridized carbons (Fsp3) is 0.417. The monoisotopic (exact) mass is 339 g/mol. The van der Waals surface area contributed by atoms with Crippen LogP contribution in [0.3, 0.4) is 0 Å². The molecule has 1 aromatic carbocycles. The van der Waals surface area contributed by atoms with Crippen LogP contribution in [0.2, 0.25) is 10.0 Å². The molecule has 1 rings (SSSR count). The molecule has 112 valence electrons. The molecule has 0 aliphatic heterocycles. The number of rotatable bonds is 6. The minimum atomic E-state index is -3.82. The van der Waals surface area contributed by atoms with E-state index in [1.165, 1.54) is 25.3 Å². The van der Waals surface area contributed by atoms with Crippen molar-refractivity contribution in [3.63, 3.8) is 0 Å². The second-order valence-corrected chi connectivity index (χ2v) is 6.74. The maximum Gasteiger partial charge on any atom is 0.321 e. The number of sulfonamides is 1. The minimum absolute atomic E-state index is 0.00995. The van der Waals surface area contributed by atoms with E-state index >= 15 is 0 Å². The van der Waals surface area contributed by atoms with Crippen LogP contribution in [0.15, 0.2) is 23.1 Å². The van der Waals surface area contributed by atoms with Crippen LogP contribution >= 0.6 is 23.2 Å². The van der Waals surface area contributed by atoms with Gasteiger partial charge >= 0.3 is 5.97 Å². The Kier molecular flexibility index (Phi) is 6.26. The summed E-state index contributed by atoms with van der Waals surface area (Å²) in [7, 11) is -2.61. The summed E-state index contributed by atoms with van der Waals surface area (Å²) >= 11 is 11.6. The second kappa shape index (κ2) is 7.26. The van der Waals surface area contributed by atoms with E-state index in [9.17, 15) is 13.2 Å². The summed E-state index contributed by atoms with van der Waals surface area (Å²) in [6.45, 7) is 1.68. The summed E-state index contributed by atoms with van der Waals surface area (Å²) in [6, 6.07) is 4.02. The lowest BCUT2D eigenvalue weighted by Crippen LogP contribution is -2.36. The molecular weight excluding hydrogens is 325 g/mol. The molecule has 0 atom stereocenters. The highest BCUT2D eigenvalue weighted by Gasteiger charge is 2.26. The molecule has 0 amide bonds. The Hall–Kier alpha value is -0.820. The third-order valence-corrected chi connectivity index (χ3v) is 5.12. The lowest BCUT2D eigenvalue weighted by molar-refractivity contribution is -0.140. The number of carbonyl (C=O) groups excluding carboxylic acids is 1. The highest BCUT2D eigenvalue weighted by molar-refractivity contribution is 7.89. The van der Waals surface area contributed by atoms with Gasteiger partial charge in [-0.1, -0.05) is 30.1 Å². The predicted molar refractivity (Wildman–Crippen MR) is 77.5 cm³/mol. The van der Waals surface area contributed by atoms with E-state index in [2.05, 4.69) is 4.74 Å². The number of hydrogen-bond acceptors (Lipinski definition) is 4. The average molecular weight is 340 g/mol. The topological polar surface area (TPSA) is 63.7 Å². The van der Waals surface area contributed by atoms with Crippen LogP contribution in [0.5, 0.6) is 0 Å². The van der Waals surface area contributed by atoms with Crippen molar-refractivity contribution in [1.82, 2.24) is 4.31 Å². The Morgan fingerprint density at radius 3 is 2.45 bits per heavy atom. The van der Waals surface area contributed by atoms with Crippen LogP contribution < -0.4 is 0 Å². The van der Waals surface area contributed by atoms with Crippen LogP contribution in [-0.2, 0) is 19.6 Å². The molecule has 0 fully saturated rings. The quantitative estimate of drug-likeness (QED) is 0.747. The van der Waals surface area contributed by atoms with Crippen molar-refractivity contribution in [2.24, 2.45) is 0 Å². The molecule has 0 aliphatic rings. The number of methoxy groups -OCH3 is 1. The van der Waals surface area contributed by atoms with Crippen molar-refractivity contribution in [3.05, 3.63) is 28.2 Å². The van der Waals surface area contributed by atoms with Crippen LogP contribution in [0.25, 0.3) is 0 Å². The fourth-order valence-corrected chi connectivity index (χ4v) is 3.39. The van der Waals surface area contributed by atoms with Gasteiger partial charge in [0.25, 0.3) is 0 Å². The van der Waals surface area contributed by atoms with Crippen molar-refractivity contribution >= 4 is 39.2 Å². The fourth-order valence-electron chi connectivity index (χ4n) is 1.53. The van der Waals surface area contributed by atoms with Crippen molar-refractivity contribution in [3.8, 4) is 0 Å². The molecule has 5 nitrogen and oxygen atoms in total. The van der Waals surface area contributed by atoms with Gasteiger partial charge in [0.15, 0.2) is 0 Å². The molecule has 0 unspecified atom stereocenters. The first-order chi connectivity index (χ1) is 9.32. The normalized spacial score (nSPS) is 11.7. The van der Waals surface area contributed by atoms with Gasteiger partial charge in [0, 0.05) is 6.54 Å². The van der Waals surface area contributed by atoms with Gasteiger partial charge < -0.3 is 4.74 Å². The van der Waals surface area contributed by atoms with Crippen LogP contribution in [0.4, 0.5) is 0 Å². The first kappa shape index (κ1) is 17.2. The number of ether oxygens (including phenoxy) is 1. The van der Waals surface area contributed by atoms with Crippen LogP contribution in [0.1, 0.15) is 13.3 Å². The number of carbonyl (C=O) groups is 1. The van der Waals surface area contributed by atoms with Crippen molar-refractivity contribution in [2.75, 3.05) is 20.2 Å². The van der Waals surface area contributed by atoms with Gasteiger partial charge in [0.1, 0.15) is 6.54 Å². The zero-order valence-electron chi connectivity index (χ0n) is 11.1. The first-order valence-corrected chi connectivity index (χ1v) is 8.04. The van der Waals surface area contributed by atoms with E-state index in [0.717, 1.165) is 4.31 Å². The highest BCUT2D eigenvalue weighted by atomic mass is 35.5. The third kappa shape index (κ3) is 4.09. The van der Waals surface area contributed by atoms with Gasteiger partial charge in [-0.25, -0.2) is 8.42 Å². The summed E-state index contributed by atoms with van der Waals surface area (Å²) < 4.78 is 30.5. The van der Waals surface area contributed by atoms with Gasteiger partial charge in [-0.05, 0) is 24.6 Å². The Morgan fingerprint density at radius 1 is 1.30 bits per heavy atom. The molecule has 0 saturated heterocycles. The van der Waals surface area contributed by atoms with Crippen molar-refractivity contribution in [1.29, 1.82) is 0 Å². The standard InChI is InChI=1S/C12H15Cl2NO4S/c1-3-6-15(8-12(16)19-2)20(17,18)9-4-5-10(13)11(14)7-9/h4-5,7H,3,6,8H2,1-2H3. The van der Waals surface area contributed by atoms with Crippen molar-refractivity contribution < 1.29 is 17.9 Å². The molecule has 0 bridgehead atoms. The van der Waals surface area contributed by atoms with Gasteiger partial charge in [-0.3, -0.25) is 4.79 Å². The highest BCUT2D eigenvalue weighted by Crippen LogP contribution is 2.26. The third-order valence-electron chi connectivity index (χ3n) is 2.53. The molecule has 0 N–H and O–H groups in total. The van der Waals surface area contributed by atoms with Gasteiger partial charge in [-0.15, -0.1) is 0 Å². The van der Waals surface area contributed by atoms with E-state index in [0.29, 0.717) is 6.42 Å². The molecular formula is C12H15Cl2NO4S. The Balaban J connectivity index is 3.14. The summed E-state index contributed by atoms with van der Waals surface area (Å²) in [5.74, 6) is -0.623. The van der Waals surface area contributed by atoms with E-state index in [1.807, 2.05) is 6.92 Å². The number of esters is 1. The molecule has 0 radical (unpaired) electrons. The van der Waals surface area contributed by atoms with E-state index in [-0.39, 0.29) is 28.0 Å². The van der Waals surface area contributed by atoms with Crippen LogP contribution in [0, 0.1) is 0 Å². The molecule has 1 aromatic rings. The molecule has 20 heavy (non-hydrogen) atoms. The number of hydrogen-bond donors (Lipinski definition) is 0. The maximum absolute atomic E-state index is 12.5. The molecule has 0 saturated carbocycles. The average Bonchev–Trinajstić information content (AvgIpc) is 2.40. The molecule has 8 heteroatoms. The molecule has 0 aliphatic carbocycles. The van der Waals surface area contributed by atoms with Crippen LogP contribution in [-0.4, -0.2) is 38.9 Å². The lowest BCUT2D eigenvalue weighted by atomic mass is 10.4. The molecule has 0 spiro atoms. The smallest absolute Gasteiger partial charge is 0.321 e. The van der Waals surface area contributed by atoms with Crippen molar-refractivity contribution in [2.45, 2.75) is 18.2 Å². The van der Waals surface area contributed by atoms with Gasteiger partial charge in [-0.2, -0.15) is 4.31 Å². The predicted octanol–water partition coefficient (Wildman–Crippen LogP) is 2.57. The van der Waals surface area contributed by atoms with Gasteiger partial charge in [0.2, 0.25) is 10.0 Å². The summed E-state index contributed by atoms with van der Waals surface area (Å²) in [6.07, 6.45) is 0.567. The Bertz CT molecular complexity index is 589. The summed E-state index contributed by atoms with van der Waals surface area (Å²) in [4.78, 5) is 11.3. The second-order valence-electron chi connectivity index (χ2n) is 3.99. The van der Waals surface area contributed by atoms with E-state index in [4.69, 9.17) is 23.2 Å². The van der Waals surface area contributed by atoms with Gasteiger partial charge in [0.05, 0.1) is 22.1 Å². The zero-order valence-corrected chi connectivity index (χ0v) is 13.4. The largest absolute Gasteiger partial charge is 0.468 e. The Labute approximate surface area is 128 Å². The molecule has 0 heterocycles. The maximum atomic E-state index is 12.5. The number of benzene rings is 1. The van der Waals surface area contributed by atoms with E-state index < -0.39 is 16.0 Å². The molecule has 0 aromatic heterocycles. The van der Waals surface area contributed by atoms with E-state index in [1.54, 1.807) is 0 Å². The first-order valence-electron chi connectivity index (χ1n) is 5.85. The Morgan fingerprint density at radius 2 is 1.95 bits per heavy atom. The SMILES string of the molecule is CCCN(CC(=O)OC)S(=O)(=O)c1ccc(Cl)c(Cl)c1. The lowest BCUT2D eigenvalue weighted by Gasteiger charge is -2.20. The number of halogens is 2. The minimum Gasteiger partial charge on any atom is -0.468 e. The number of nitrogens with zero attached hydrogens (tertiary/aromatic N) is 1. The summed E-state index contributed by atoms with van der Waals surface area (Å²) in [5.41, 5.74) is 0. The summed E-state index contributed by atoms with van der Waals surface area (Å²) in [5, 5.41) is 0.405.